The summed E-state index contributed by atoms with van der Waals surface area (Å²) >= 11 is 1.18. The van der Waals surface area contributed by atoms with Gasteiger partial charge in [0.25, 0.3) is 5.91 Å². The van der Waals surface area contributed by atoms with Crippen LogP contribution in [-0.4, -0.2) is 22.9 Å². The fourth-order valence-electron chi connectivity index (χ4n) is 1.83. The molecule has 0 saturated heterocycles. The van der Waals surface area contributed by atoms with Crippen molar-refractivity contribution in [1.82, 2.24) is 0 Å². The summed E-state index contributed by atoms with van der Waals surface area (Å²) in [6, 6.07) is 7.79. The van der Waals surface area contributed by atoms with Gasteiger partial charge in [-0.2, -0.15) is 0 Å². The van der Waals surface area contributed by atoms with Crippen LogP contribution >= 0.6 is 11.3 Å². The van der Waals surface area contributed by atoms with E-state index >= 15 is 0 Å². The molecule has 0 radical (unpaired) electrons. The Labute approximate surface area is 124 Å². The molecule has 0 aliphatic rings. The van der Waals surface area contributed by atoms with Gasteiger partial charge >= 0.3 is 5.97 Å². The Bertz CT molecular complexity index is 709. The van der Waals surface area contributed by atoms with Crippen molar-refractivity contribution in [3.8, 4) is 0 Å². The molecule has 0 unspecified atom stereocenters. The first-order chi connectivity index (χ1) is 9.99. The third kappa shape index (κ3) is 3.46. The Balaban J connectivity index is 2.14. The second kappa shape index (κ2) is 6.19. The van der Waals surface area contributed by atoms with Crippen LogP contribution in [0.25, 0.3) is 0 Å². The van der Waals surface area contributed by atoms with E-state index < -0.39 is 17.8 Å². The van der Waals surface area contributed by atoms with Gasteiger partial charge < -0.3 is 16.2 Å². The first-order valence-corrected chi connectivity index (χ1v) is 6.85. The summed E-state index contributed by atoms with van der Waals surface area (Å²) in [6.07, 6.45) is -0.0986. The number of aromatic carboxylic acids is 1. The van der Waals surface area contributed by atoms with Crippen LogP contribution in [0.4, 0.5) is 5.00 Å². The highest BCUT2D eigenvalue weighted by Gasteiger charge is 2.15. The summed E-state index contributed by atoms with van der Waals surface area (Å²) in [5, 5.41) is 13.6. The maximum Gasteiger partial charge on any atom is 0.335 e. The molecule has 2 amide bonds. The molecule has 0 spiro atoms. The number of carboxylic acid groups (broad SMARTS) is 1. The topological polar surface area (TPSA) is 109 Å². The van der Waals surface area contributed by atoms with E-state index in [9.17, 15) is 14.4 Å². The molecule has 7 heteroatoms. The average molecular weight is 304 g/mol. The number of thiophene rings is 1. The number of primary amides is 1. The number of carboxylic acids is 1. The van der Waals surface area contributed by atoms with Crippen LogP contribution in [0.5, 0.6) is 0 Å². The van der Waals surface area contributed by atoms with Crippen molar-refractivity contribution in [2.75, 3.05) is 5.32 Å². The molecular formula is C14H12N2O4S. The molecule has 1 aromatic carbocycles. The summed E-state index contributed by atoms with van der Waals surface area (Å²) < 4.78 is 0. The van der Waals surface area contributed by atoms with Crippen molar-refractivity contribution >= 4 is 34.1 Å². The van der Waals surface area contributed by atoms with Gasteiger partial charge in [-0.25, -0.2) is 4.79 Å². The number of carbonyl (C=O) groups is 3. The summed E-state index contributed by atoms with van der Waals surface area (Å²) in [7, 11) is 0. The van der Waals surface area contributed by atoms with E-state index in [-0.39, 0.29) is 17.5 Å². The van der Waals surface area contributed by atoms with Crippen molar-refractivity contribution in [2.24, 2.45) is 5.73 Å². The minimum atomic E-state index is -1.09. The molecule has 0 aliphatic heterocycles. The summed E-state index contributed by atoms with van der Waals surface area (Å²) in [4.78, 5) is 34.2. The lowest BCUT2D eigenvalue weighted by atomic mass is 10.0. The number of amides is 2. The minimum Gasteiger partial charge on any atom is -0.478 e. The molecule has 2 aromatic rings. The van der Waals surface area contributed by atoms with Crippen LogP contribution in [0.1, 0.15) is 26.3 Å². The van der Waals surface area contributed by atoms with Crippen molar-refractivity contribution in [3.05, 3.63) is 52.4 Å². The zero-order valence-corrected chi connectivity index (χ0v) is 11.6. The Hall–Kier alpha value is -2.67. The van der Waals surface area contributed by atoms with Crippen molar-refractivity contribution in [2.45, 2.75) is 6.42 Å². The predicted molar refractivity (Wildman–Crippen MR) is 78.6 cm³/mol. The van der Waals surface area contributed by atoms with E-state index in [1.54, 1.807) is 23.6 Å². The predicted octanol–water partition coefficient (Wildman–Crippen LogP) is 1.73. The van der Waals surface area contributed by atoms with Gasteiger partial charge in [0.1, 0.15) is 5.00 Å². The maximum absolute atomic E-state index is 12.0. The molecule has 0 aliphatic carbocycles. The number of hydrogen-bond donors (Lipinski definition) is 3. The minimum absolute atomic E-state index is 0.0777. The molecular weight excluding hydrogens is 292 g/mol. The van der Waals surface area contributed by atoms with Crippen LogP contribution in [-0.2, 0) is 11.2 Å². The van der Waals surface area contributed by atoms with Gasteiger partial charge in [0, 0.05) is 0 Å². The lowest BCUT2D eigenvalue weighted by Gasteiger charge is -2.07. The van der Waals surface area contributed by atoms with Crippen LogP contribution < -0.4 is 11.1 Å². The van der Waals surface area contributed by atoms with Crippen molar-refractivity contribution < 1.29 is 19.5 Å². The van der Waals surface area contributed by atoms with Crippen molar-refractivity contribution in [1.29, 1.82) is 0 Å². The van der Waals surface area contributed by atoms with Crippen LogP contribution in [0.2, 0.25) is 0 Å². The van der Waals surface area contributed by atoms with Crippen molar-refractivity contribution in [3.63, 3.8) is 0 Å². The zero-order valence-electron chi connectivity index (χ0n) is 10.8. The summed E-state index contributed by atoms with van der Waals surface area (Å²) in [5.74, 6) is -2.13. The third-order valence-electron chi connectivity index (χ3n) is 2.78. The monoisotopic (exact) mass is 304 g/mol. The molecule has 1 heterocycles. The number of anilines is 1. The van der Waals surface area contributed by atoms with Crippen LogP contribution in [0, 0.1) is 0 Å². The second-order valence-electron chi connectivity index (χ2n) is 4.21. The lowest BCUT2D eigenvalue weighted by Crippen LogP contribution is -2.19. The molecule has 2 rings (SSSR count). The Morgan fingerprint density at radius 3 is 2.52 bits per heavy atom. The van der Waals surface area contributed by atoms with Gasteiger partial charge in [-0.05, 0) is 23.1 Å². The van der Waals surface area contributed by atoms with Gasteiger partial charge in [0.2, 0.25) is 5.91 Å². The van der Waals surface area contributed by atoms with E-state index in [1.165, 1.54) is 23.5 Å². The molecule has 21 heavy (non-hydrogen) atoms. The quantitative estimate of drug-likeness (QED) is 0.781. The summed E-state index contributed by atoms with van der Waals surface area (Å²) in [6.45, 7) is 0. The maximum atomic E-state index is 12.0. The van der Waals surface area contributed by atoms with E-state index in [1.807, 2.05) is 0 Å². The molecule has 4 N–H and O–H groups in total. The molecule has 108 valence electrons. The van der Waals surface area contributed by atoms with E-state index in [0.29, 0.717) is 10.6 Å². The molecule has 0 saturated carbocycles. The molecule has 0 fully saturated rings. The van der Waals surface area contributed by atoms with Gasteiger partial charge in [-0.1, -0.05) is 18.2 Å². The van der Waals surface area contributed by atoms with Gasteiger partial charge in [-0.3, -0.25) is 9.59 Å². The highest BCUT2D eigenvalue weighted by Crippen LogP contribution is 2.23. The van der Waals surface area contributed by atoms with Gasteiger partial charge in [0.05, 0.1) is 17.5 Å². The number of carbonyl (C=O) groups excluding carboxylic acids is 2. The Morgan fingerprint density at radius 1 is 1.14 bits per heavy atom. The lowest BCUT2D eigenvalue weighted by molar-refractivity contribution is -0.115. The standard InChI is InChI=1S/C14H12N2O4S/c15-12(18)10-5-6-21-13(10)16-11(17)7-8-3-1-2-4-9(8)14(19)20/h1-6H,7H2,(H2,15,18)(H,16,17)(H,19,20). The molecule has 1 aromatic heterocycles. The molecule has 0 atom stereocenters. The zero-order chi connectivity index (χ0) is 15.4. The van der Waals surface area contributed by atoms with E-state index in [4.69, 9.17) is 10.8 Å². The average Bonchev–Trinajstić information content (AvgIpc) is 2.87. The van der Waals surface area contributed by atoms with E-state index in [2.05, 4.69) is 5.32 Å². The van der Waals surface area contributed by atoms with Crippen LogP contribution in [0.15, 0.2) is 35.7 Å². The van der Waals surface area contributed by atoms with Crippen LogP contribution in [0.3, 0.4) is 0 Å². The fourth-order valence-corrected chi connectivity index (χ4v) is 2.64. The number of nitrogens with two attached hydrogens (primary N) is 1. The number of rotatable bonds is 5. The number of benzene rings is 1. The SMILES string of the molecule is NC(=O)c1ccsc1NC(=O)Cc1ccccc1C(=O)O. The first-order valence-electron chi connectivity index (χ1n) is 5.97. The summed E-state index contributed by atoms with van der Waals surface area (Å²) in [5.41, 5.74) is 5.91. The highest BCUT2D eigenvalue weighted by molar-refractivity contribution is 7.14. The molecule has 0 bridgehead atoms. The normalized spacial score (nSPS) is 10.1. The van der Waals surface area contributed by atoms with Gasteiger partial charge in [0.15, 0.2) is 0 Å². The smallest absolute Gasteiger partial charge is 0.335 e. The van der Waals surface area contributed by atoms with E-state index in [0.717, 1.165) is 0 Å². The third-order valence-corrected chi connectivity index (χ3v) is 3.61. The first kappa shape index (κ1) is 14.7. The Morgan fingerprint density at radius 2 is 1.86 bits per heavy atom. The number of hydrogen-bond acceptors (Lipinski definition) is 4. The van der Waals surface area contributed by atoms with Gasteiger partial charge in [-0.15, -0.1) is 11.3 Å². The molecule has 6 nitrogen and oxygen atoms in total. The highest BCUT2D eigenvalue weighted by atomic mass is 32.1. The second-order valence-corrected chi connectivity index (χ2v) is 5.13. The fraction of sp³-hybridized carbons (Fsp3) is 0.0714. The number of nitrogens with one attached hydrogen (secondary N) is 1. The largest absolute Gasteiger partial charge is 0.478 e. The Kier molecular flexibility index (Phi) is 4.34.